The molecule has 2 N–H and O–H groups in total. The van der Waals surface area contributed by atoms with E-state index in [1.165, 1.54) is 11.3 Å². The van der Waals surface area contributed by atoms with Crippen LogP contribution in [0.25, 0.3) is 0 Å². The SMILES string of the molecule is NCc1ccc(COCC(F)(F)F)s1. The van der Waals surface area contributed by atoms with Crippen molar-refractivity contribution in [1.82, 2.24) is 0 Å². The number of rotatable bonds is 4. The summed E-state index contributed by atoms with van der Waals surface area (Å²) in [6.07, 6.45) is -4.26. The van der Waals surface area contributed by atoms with E-state index in [0.717, 1.165) is 9.75 Å². The van der Waals surface area contributed by atoms with Crippen LogP contribution in [0.3, 0.4) is 0 Å². The Morgan fingerprint density at radius 3 is 2.43 bits per heavy atom. The Morgan fingerprint density at radius 2 is 1.93 bits per heavy atom. The van der Waals surface area contributed by atoms with Gasteiger partial charge in [-0.05, 0) is 12.1 Å². The van der Waals surface area contributed by atoms with Gasteiger partial charge in [-0.15, -0.1) is 11.3 Å². The molecular weight excluding hydrogens is 215 g/mol. The molecule has 0 aromatic carbocycles. The second-order valence-electron chi connectivity index (χ2n) is 2.68. The third kappa shape index (κ3) is 4.08. The van der Waals surface area contributed by atoms with Crippen molar-refractivity contribution in [3.63, 3.8) is 0 Å². The number of ether oxygens (including phenoxy) is 1. The topological polar surface area (TPSA) is 35.2 Å². The smallest absolute Gasteiger partial charge is 0.367 e. The molecule has 0 bridgehead atoms. The zero-order valence-corrected chi connectivity index (χ0v) is 8.12. The van der Waals surface area contributed by atoms with Crippen LogP contribution < -0.4 is 5.73 Å². The molecule has 2 nitrogen and oxygen atoms in total. The quantitative estimate of drug-likeness (QED) is 0.853. The summed E-state index contributed by atoms with van der Waals surface area (Å²) in [5.41, 5.74) is 5.35. The molecule has 6 heteroatoms. The minimum absolute atomic E-state index is 0.00975. The number of hydrogen-bond acceptors (Lipinski definition) is 3. The highest BCUT2D eigenvalue weighted by Crippen LogP contribution is 2.19. The van der Waals surface area contributed by atoms with Gasteiger partial charge in [0.2, 0.25) is 0 Å². The van der Waals surface area contributed by atoms with Crippen LogP contribution in [0.1, 0.15) is 9.75 Å². The van der Waals surface area contributed by atoms with E-state index in [1.54, 1.807) is 12.1 Å². The molecule has 1 aromatic heterocycles. The van der Waals surface area contributed by atoms with Crippen LogP contribution in [0.5, 0.6) is 0 Å². The van der Waals surface area contributed by atoms with Crippen LogP contribution in [-0.2, 0) is 17.9 Å². The molecule has 0 aliphatic carbocycles. The lowest BCUT2D eigenvalue weighted by atomic mass is 10.4. The highest BCUT2D eigenvalue weighted by Gasteiger charge is 2.27. The molecule has 14 heavy (non-hydrogen) atoms. The van der Waals surface area contributed by atoms with Crippen molar-refractivity contribution in [2.24, 2.45) is 5.73 Å². The van der Waals surface area contributed by atoms with Crippen molar-refractivity contribution < 1.29 is 17.9 Å². The Bertz CT molecular complexity index is 284. The lowest BCUT2D eigenvalue weighted by molar-refractivity contribution is -0.176. The summed E-state index contributed by atoms with van der Waals surface area (Å²) in [5.74, 6) is 0. The van der Waals surface area contributed by atoms with Crippen molar-refractivity contribution in [2.75, 3.05) is 6.61 Å². The second kappa shape index (κ2) is 4.77. The number of hydrogen-bond donors (Lipinski definition) is 1. The summed E-state index contributed by atoms with van der Waals surface area (Å²) >= 11 is 1.37. The van der Waals surface area contributed by atoms with Gasteiger partial charge >= 0.3 is 6.18 Å². The van der Waals surface area contributed by atoms with Gasteiger partial charge in [0, 0.05) is 16.3 Å². The summed E-state index contributed by atoms with van der Waals surface area (Å²) in [6.45, 7) is -0.809. The molecule has 1 aromatic rings. The molecule has 0 saturated heterocycles. The van der Waals surface area contributed by atoms with Gasteiger partial charge in [0.15, 0.2) is 0 Å². The summed E-state index contributed by atoms with van der Waals surface area (Å²) < 4.78 is 39.6. The molecule has 0 atom stereocenters. The van der Waals surface area contributed by atoms with E-state index in [1.807, 2.05) is 0 Å². The highest BCUT2D eigenvalue weighted by atomic mass is 32.1. The van der Waals surface area contributed by atoms with E-state index in [4.69, 9.17) is 5.73 Å². The van der Waals surface area contributed by atoms with E-state index in [0.29, 0.717) is 6.54 Å². The normalized spacial score (nSPS) is 12.0. The van der Waals surface area contributed by atoms with E-state index in [2.05, 4.69) is 4.74 Å². The van der Waals surface area contributed by atoms with Crippen LogP contribution in [0.2, 0.25) is 0 Å². The Kier molecular flexibility index (Phi) is 3.91. The fourth-order valence-electron chi connectivity index (χ4n) is 0.877. The largest absolute Gasteiger partial charge is 0.411 e. The van der Waals surface area contributed by atoms with Crippen LogP contribution in [0, 0.1) is 0 Å². The van der Waals surface area contributed by atoms with E-state index >= 15 is 0 Å². The second-order valence-corrected chi connectivity index (χ2v) is 3.93. The number of nitrogens with two attached hydrogens (primary N) is 1. The van der Waals surface area contributed by atoms with Crippen LogP contribution in [0.4, 0.5) is 13.2 Å². The van der Waals surface area contributed by atoms with Gasteiger partial charge < -0.3 is 10.5 Å². The third-order valence-corrected chi connectivity index (χ3v) is 2.51. The molecule has 0 fully saturated rings. The fourth-order valence-corrected chi connectivity index (χ4v) is 1.71. The van der Waals surface area contributed by atoms with Crippen molar-refractivity contribution in [2.45, 2.75) is 19.3 Å². The molecule has 80 valence electrons. The first-order valence-corrected chi connectivity index (χ1v) is 4.75. The number of thiophene rings is 1. The first kappa shape index (κ1) is 11.5. The fraction of sp³-hybridized carbons (Fsp3) is 0.500. The van der Waals surface area contributed by atoms with Crippen LogP contribution in [0.15, 0.2) is 12.1 Å². The molecule has 0 aliphatic heterocycles. The minimum Gasteiger partial charge on any atom is -0.367 e. The van der Waals surface area contributed by atoms with Crippen LogP contribution in [-0.4, -0.2) is 12.8 Å². The van der Waals surface area contributed by atoms with Gasteiger partial charge in [-0.3, -0.25) is 0 Å². The van der Waals surface area contributed by atoms with Gasteiger partial charge in [0.1, 0.15) is 6.61 Å². The molecule has 0 amide bonds. The van der Waals surface area contributed by atoms with Crippen molar-refractivity contribution in [1.29, 1.82) is 0 Å². The maximum Gasteiger partial charge on any atom is 0.411 e. The Morgan fingerprint density at radius 1 is 1.29 bits per heavy atom. The number of halogens is 3. The molecule has 0 radical (unpaired) electrons. The first-order valence-electron chi connectivity index (χ1n) is 3.93. The molecule has 0 unspecified atom stereocenters. The number of alkyl halides is 3. The maximum atomic E-state index is 11.7. The van der Waals surface area contributed by atoms with Gasteiger partial charge in [0.25, 0.3) is 0 Å². The molecule has 0 saturated carbocycles. The van der Waals surface area contributed by atoms with Crippen molar-refractivity contribution in [3.8, 4) is 0 Å². The average molecular weight is 225 g/mol. The van der Waals surface area contributed by atoms with Crippen molar-refractivity contribution in [3.05, 3.63) is 21.9 Å². The Balaban J connectivity index is 2.31. The zero-order chi connectivity index (χ0) is 10.6. The van der Waals surface area contributed by atoms with E-state index in [-0.39, 0.29) is 6.61 Å². The summed E-state index contributed by atoms with van der Waals surface area (Å²) in [7, 11) is 0. The maximum absolute atomic E-state index is 11.7. The lowest BCUT2D eigenvalue weighted by Crippen LogP contribution is -2.16. The molecule has 0 spiro atoms. The van der Waals surface area contributed by atoms with Gasteiger partial charge in [-0.2, -0.15) is 13.2 Å². The van der Waals surface area contributed by atoms with Crippen molar-refractivity contribution >= 4 is 11.3 Å². The Hall–Kier alpha value is -0.590. The summed E-state index contributed by atoms with van der Waals surface area (Å²) in [5, 5.41) is 0. The first-order chi connectivity index (χ1) is 6.51. The zero-order valence-electron chi connectivity index (χ0n) is 7.30. The third-order valence-electron chi connectivity index (χ3n) is 1.43. The molecule has 1 rings (SSSR count). The van der Waals surface area contributed by atoms with Gasteiger partial charge in [-0.25, -0.2) is 0 Å². The van der Waals surface area contributed by atoms with Gasteiger partial charge in [0.05, 0.1) is 6.61 Å². The van der Waals surface area contributed by atoms with Crippen LogP contribution >= 0.6 is 11.3 Å². The molecule has 1 heterocycles. The predicted octanol–water partition coefficient (Wildman–Crippen LogP) is 2.29. The predicted molar refractivity (Wildman–Crippen MR) is 47.9 cm³/mol. The monoisotopic (exact) mass is 225 g/mol. The minimum atomic E-state index is -4.26. The Labute approximate surface area is 83.5 Å². The standard InChI is InChI=1S/C8H10F3NOS/c9-8(10,11)5-13-4-7-2-1-6(3-12)14-7/h1-2H,3-5,12H2. The molecule has 0 aliphatic rings. The summed E-state index contributed by atoms with van der Waals surface area (Å²) in [6, 6.07) is 3.51. The van der Waals surface area contributed by atoms with Gasteiger partial charge in [-0.1, -0.05) is 0 Å². The summed E-state index contributed by atoms with van der Waals surface area (Å²) in [4.78, 5) is 1.70. The highest BCUT2D eigenvalue weighted by molar-refractivity contribution is 7.11. The lowest BCUT2D eigenvalue weighted by Gasteiger charge is -2.05. The van der Waals surface area contributed by atoms with E-state index in [9.17, 15) is 13.2 Å². The average Bonchev–Trinajstić information content (AvgIpc) is 2.50. The molecular formula is C8H10F3NOS. The van der Waals surface area contributed by atoms with E-state index < -0.39 is 12.8 Å².